The minimum Gasteiger partial charge on any atom is -0.382 e. The van der Waals surface area contributed by atoms with Crippen LogP contribution in [0, 0.1) is 5.82 Å². The van der Waals surface area contributed by atoms with Gasteiger partial charge in [0.1, 0.15) is 22.7 Å². The van der Waals surface area contributed by atoms with Crippen molar-refractivity contribution < 1.29 is 9.18 Å². The van der Waals surface area contributed by atoms with Gasteiger partial charge >= 0.3 is 0 Å². The van der Waals surface area contributed by atoms with E-state index in [0.29, 0.717) is 38.7 Å². The number of imidazole rings is 1. The Labute approximate surface area is 214 Å². The van der Waals surface area contributed by atoms with Gasteiger partial charge in [-0.05, 0) is 45.0 Å². The van der Waals surface area contributed by atoms with Gasteiger partial charge < -0.3 is 10.3 Å². The molecule has 0 saturated carbocycles. The number of ketones is 1. The average Bonchev–Trinajstić information content (AvgIpc) is 3.61. The largest absolute Gasteiger partial charge is 0.382 e. The molecule has 6 rings (SSSR count). The molecule has 0 aromatic carbocycles. The van der Waals surface area contributed by atoms with Gasteiger partial charge in [-0.3, -0.25) is 19.9 Å². The van der Waals surface area contributed by atoms with E-state index >= 15 is 4.39 Å². The lowest BCUT2D eigenvalue weighted by atomic mass is 10.1. The van der Waals surface area contributed by atoms with Crippen LogP contribution in [0.3, 0.4) is 0 Å². The normalized spacial score (nSPS) is 11.6. The minimum atomic E-state index is -0.472. The molecule has 0 fully saturated rings. The summed E-state index contributed by atoms with van der Waals surface area (Å²) in [5, 5.41) is 10.6. The Bertz CT molecular complexity index is 1800. The van der Waals surface area contributed by atoms with Crippen LogP contribution in [0.1, 0.15) is 30.4 Å². The summed E-state index contributed by atoms with van der Waals surface area (Å²) in [4.78, 5) is 34.4. The molecule has 0 radical (unpaired) electrons. The van der Waals surface area contributed by atoms with Crippen LogP contribution in [0.2, 0.25) is 0 Å². The number of pyridine rings is 3. The lowest BCUT2D eigenvalue weighted by molar-refractivity contribution is 0.102. The maximum absolute atomic E-state index is 16.0. The van der Waals surface area contributed by atoms with Gasteiger partial charge in [0.05, 0.1) is 26.3 Å². The Hall–Kier alpha value is -4.51. The third kappa shape index (κ3) is 4.02. The van der Waals surface area contributed by atoms with Crippen molar-refractivity contribution in [1.29, 1.82) is 0 Å². The van der Waals surface area contributed by atoms with Gasteiger partial charge in [0.15, 0.2) is 17.3 Å². The van der Waals surface area contributed by atoms with E-state index in [1.54, 1.807) is 30.7 Å². The molecule has 0 atom stereocenters. The third-order valence-electron chi connectivity index (χ3n) is 5.85. The van der Waals surface area contributed by atoms with E-state index < -0.39 is 5.82 Å². The number of nitrogens with one attached hydrogen (secondary N) is 3. The number of carbonyl (C=O) groups excluding carboxylic acids is 1. The molecule has 6 aromatic rings. The molecule has 0 bridgehead atoms. The van der Waals surface area contributed by atoms with Crippen molar-refractivity contribution in [3.8, 4) is 33.2 Å². The lowest BCUT2D eigenvalue weighted by Gasteiger charge is -2.11. The fraction of sp³-hybridized carbons (Fsp3) is 0.154. The number of hydrogen-bond donors (Lipinski definition) is 3. The molecule has 6 aromatic heterocycles. The Morgan fingerprint density at radius 2 is 2.00 bits per heavy atom. The second-order valence-corrected chi connectivity index (χ2v) is 9.99. The van der Waals surface area contributed by atoms with Crippen molar-refractivity contribution in [3.63, 3.8) is 0 Å². The Balaban J connectivity index is 1.47. The van der Waals surface area contributed by atoms with Crippen LogP contribution in [-0.4, -0.2) is 46.9 Å². The van der Waals surface area contributed by atoms with Gasteiger partial charge in [-0.2, -0.15) is 5.10 Å². The fourth-order valence-corrected chi connectivity index (χ4v) is 5.11. The van der Waals surface area contributed by atoms with Crippen molar-refractivity contribution in [1.82, 2.24) is 35.1 Å². The number of Topliss-reactive ketones (excluding diaryl/α,β-unsaturated/α-hetero) is 1. The maximum atomic E-state index is 16.0. The molecule has 0 spiro atoms. The number of aromatic nitrogens is 7. The van der Waals surface area contributed by atoms with E-state index in [1.807, 2.05) is 26.0 Å². The van der Waals surface area contributed by atoms with Crippen molar-refractivity contribution in [2.24, 2.45) is 0 Å². The van der Waals surface area contributed by atoms with Gasteiger partial charge in [0, 0.05) is 42.0 Å². The average molecular weight is 513 g/mol. The van der Waals surface area contributed by atoms with Gasteiger partial charge in [-0.1, -0.05) is 0 Å². The van der Waals surface area contributed by atoms with Crippen molar-refractivity contribution in [2.75, 3.05) is 5.32 Å². The molecule has 184 valence electrons. The first-order valence-corrected chi connectivity index (χ1v) is 12.4. The lowest BCUT2D eigenvalue weighted by Crippen LogP contribution is -2.09. The zero-order valence-electron chi connectivity index (χ0n) is 20.1. The Morgan fingerprint density at radius 1 is 1.14 bits per heavy atom. The number of thiophene rings is 1. The Morgan fingerprint density at radius 3 is 2.78 bits per heavy atom. The number of carbonyl (C=O) groups is 1. The zero-order chi connectivity index (χ0) is 25.7. The number of H-pyrrole nitrogens is 2. The molecule has 0 aliphatic heterocycles. The van der Waals surface area contributed by atoms with Crippen LogP contribution in [0.4, 0.5) is 10.1 Å². The predicted molar refractivity (Wildman–Crippen MR) is 142 cm³/mol. The standard InChI is InChI=1S/C26H21FN8OS/c1-12(2)31-15-8-14(9-28-10-15)16-11-30-25-20(21(16)27)24(34-35-25)26-32-17-6-7-29-23(22(17)33-26)19-5-4-18(37-19)13(3)36/h4-12,31H,1-3H3,(H,32,33)(H,30,34,35). The summed E-state index contributed by atoms with van der Waals surface area (Å²) in [6, 6.07) is 7.48. The van der Waals surface area contributed by atoms with Crippen molar-refractivity contribution in [3.05, 3.63) is 59.7 Å². The summed E-state index contributed by atoms with van der Waals surface area (Å²) >= 11 is 1.36. The second-order valence-electron chi connectivity index (χ2n) is 8.91. The third-order valence-corrected chi connectivity index (χ3v) is 7.04. The van der Waals surface area contributed by atoms with Gasteiger partial charge in [-0.15, -0.1) is 11.3 Å². The van der Waals surface area contributed by atoms with Crippen LogP contribution < -0.4 is 5.32 Å². The fourth-order valence-electron chi connectivity index (χ4n) is 4.21. The van der Waals surface area contributed by atoms with E-state index in [9.17, 15) is 4.79 Å². The molecule has 0 amide bonds. The highest BCUT2D eigenvalue weighted by Gasteiger charge is 2.22. The molecule has 37 heavy (non-hydrogen) atoms. The van der Waals surface area contributed by atoms with Crippen LogP contribution in [-0.2, 0) is 0 Å². The van der Waals surface area contributed by atoms with Gasteiger partial charge in [0.25, 0.3) is 0 Å². The predicted octanol–water partition coefficient (Wildman–Crippen LogP) is 5.85. The van der Waals surface area contributed by atoms with E-state index in [0.717, 1.165) is 16.1 Å². The summed E-state index contributed by atoms with van der Waals surface area (Å²) in [5.74, 6) is -0.0729. The van der Waals surface area contributed by atoms with E-state index in [4.69, 9.17) is 4.98 Å². The smallest absolute Gasteiger partial charge is 0.184 e. The highest BCUT2D eigenvalue weighted by atomic mass is 32.1. The van der Waals surface area contributed by atoms with Crippen LogP contribution in [0.15, 0.2) is 49.1 Å². The molecule has 0 aliphatic carbocycles. The SMILES string of the molecule is CC(=O)c1ccc(-c2nccc3[nH]c(-c4[nH]nc5ncc(-c6cncc(NC(C)C)c6)c(F)c45)nc23)s1. The molecule has 0 saturated heterocycles. The van der Waals surface area contributed by atoms with Gasteiger partial charge in [-0.25, -0.2) is 14.4 Å². The number of aromatic amines is 2. The molecule has 6 heterocycles. The summed E-state index contributed by atoms with van der Waals surface area (Å²) in [6.07, 6.45) is 6.43. The molecule has 0 aliphatic rings. The summed E-state index contributed by atoms with van der Waals surface area (Å²) in [5.41, 5.74) is 4.29. The quantitative estimate of drug-likeness (QED) is 0.239. The number of hydrogen-bond acceptors (Lipinski definition) is 8. The van der Waals surface area contributed by atoms with E-state index in [-0.39, 0.29) is 22.9 Å². The Kier molecular flexibility index (Phi) is 5.49. The summed E-state index contributed by atoms with van der Waals surface area (Å²) < 4.78 is 16.0. The molecule has 3 N–H and O–H groups in total. The van der Waals surface area contributed by atoms with E-state index in [2.05, 4.69) is 35.5 Å². The van der Waals surface area contributed by atoms with Crippen LogP contribution >= 0.6 is 11.3 Å². The number of fused-ring (bicyclic) bond motifs is 2. The summed E-state index contributed by atoms with van der Waals surface area (Å²) in [6.45, 7) is 5.57. The monoisotopic (exact) mass is 512 g/mol. The zero-order valence-corrected chi connectivity index (χ0v) is 20.9. The van der Waals surface area contributed by atoms with Crippen molar-refractivity contribution >= 4 is 44.9 Å². The van der Waals surface area contributed by atoms with Gasteiger partial charge in [0.2, 0.25) is 0 Å². The number of rotatable bonds is 6. The van der Waals surface area contributed by atoms with Crippen LogP contribution in [0.25, 0.3) is 55.3 Å². The molecular weight excluding hydrogens is 491 g/mol. The van der Waals surface area contributed by atoms with E-state index in [1.165, 1.54) is 24.5 Å². The van der Waals surface area contributed by atoms with Crippen LogP contribution in [0.5, 0.6) is 0 Å². The number of nitrogens with zero attached hydrogens (tertiary/aromatic N) is 5. The molecule has 11 heteroatoms. The summed E-state index contributed by atoms with van der Waals surface area (Å²) in [7, 11) is 0. The number of halogens is 1. The first-order valence-electron chi connectivity index (χ1n) is 11.6. The second kappa shape index (κ2) is 8.86. The first-order chi connectivity index (χ1) is 17.9. The maximum Gasteiger partial charge on any atom is 0.184 e. The molecular formula is C26H21FN8OS. The topological polar surface area (TPSA) is 125 Å². The van der Waals surface area contributed by atoms with Crippen molar-refractivity contribution in [2.45, 2.75) is 26.8 Å². The molecule has 0 unspecified atom stereocenters. The minimum absolute atomic E-state index is 0.00502. The number of anilines is 1. The highest BCUT2D eigenvalue weighted by molar-refractivity contribution is 7.17. The highest BCUT2D eigenvalue weighted by Crippen LogP contribution is 2.35. The first kappa shape index (κ1) is 22.9. The molecule has 9 nitrogen and oxygen atoms in total.